The first-order valence-electron chi connectivity index (χ1n) is 6.31. The van der Waals surface area contributed by atoms with Gasteiger partial charge in [0.05, 0.1) is 0 Å². The Hall–Kier alpha value is -1.94. The fraction of sp³-hybridized carbons (Fsp3) is 0.333. The van der Waals surface area contributed by atoms with E-state index in [1.807, 2.05) is 32.0 Å². The largest absolute Gasteiger partial charge is 0.396 e. The average Bonchev–Trinajstić information content (AvgIpc) is 2.36. The molecule has 0 aliphatic carbocycles. The van der Waals surface area contributed by atoms with Gasteiger partial charge in [-0.05, 0) is 32.4 Å². The predicted octanol–water partition coefficient (Wildman–Crippen LogP) is 1.90. The summed E-state index contributed by atoms with van der Waals surface area (Å²) in [5.74, 6) is 0.588. The SMILES string of the molecule is Cc1ccc(C)c(-c2nc(C)c(CCO)c(=O)[nH]2)c1. The van der Waals surface area contributed by atoms with Crippen LogP contribution in [0.5, 0.6) is 0 Å². The molecule has 0 atom stereocenters. The second-order valence-corrected chi connectivity index (χ2v) is 4.77. The van der Waals surface area contributed by atoms with E-state index in [-0.39, 0.29) is 12.2 Å². The number of aryl methyl sites for hydroxylation is 3. The number of hydrogen-bond donors (Lipinski definition) is 2. The first kappa shape index (κ1) is 13.5. The second-order valence-electron chi connectivity index (χ2n) is 4.77. The number of benzene rings is 1. The van der Waals surface area contributed by atoms with Gasteiger partial charge in [-0.3, -0.25) is 4.79 Å². The number of aromatic amines is 1. The quantitative estimate of drug-likeness (QED) is 0.883. The molecule has 0 spiro atoms. The lowest BCUT2D eigenvalue weighted by atomic mass is 10.0. The highest BCUT2D eigenvalue weighted by Gasteiger charge is 2.10. The van der Waals surface area contributed by atoms with Crippen molar-refractivity contribution in [3.8, 4) is 11.4 Å². The molecule has 0 saturated heterocycles. The number of aliphatic hydroxyl groups excluding tert-OH is 1. The maximum Gasteiger partial charge on any atom is 0.254 e. The summed E-state index contributed by atoms with van der Waals surface area (Å²) in [4.78, 5) is 19.3. The normalized spacial score (nSPS) is 10.7. The summed E-state index contributed by atoms with van der Waals surface area (Å²) in [5, 5.41) is 8.95. The molecule has 1 heterocycles. The molecule has 1 aromatic heterocycles. The second kappa shape index (κ2) is 5.36. The van der Waals surface area contributed by atoms with Crippen molar-refractivity contribution in [1.29, 1.82) is 0 Å². The van der Waals surface area contributed by atoms with Gasteiger partial charge < -0.3 is 10.1 Å². The highest BCUT2D eigenvalue weighted by atomic mass is 16.3. The molecular weight excluding hydrogens is 240 g/mol. The molecule has 2 rings (SSSR count). The number of aromatic nitrogens is 2. The van der Waals surface area contributed by atoms with Crippen LogP contribution in [0.2, 0.25) is 0 Å². The molecule has 19 heavy (non-hydrogen) atoms. The zero-order valence-corrected chi connectivity index (χ0v) is 11.4. The molecule has 100 valence electrons. The molecule has 0 fully saturated rings. The molecule has 1 aromatic carbocycles. The minimum Gasteiger partial charge on any atom is -0.396 e. The molecule has 4 heteroatoms. The maximum absolute atomic E-state index is 12.0. The fourth-order valence-electron chi connectivity index (χ4n) is 2.14. The van der Waals surface area contributed by atoms with E-state index in [0.717, 1.165) is 16.7 Å². The standard InChI is InChI=1S/C15H18N2O2/c1-9-4-5-10(2)13(8-9)14-16-11(3)12(6-7-18)15(19)17-14/h4-5,8,18H,6-7H2,1-3H3,(H,16,17,19). The van der Waals surface area contributed by atoms with Gasteiger partial charge in [-0.2, -0.15) is 0 Å². The van der Waals surface area contributed by atoms with Crippen molar-refractivity contribution in [2.45, 2.75) is 27.2 Å². The molecule has 0 aliphatic rings. The number of hydrogen-bond acceptors (Lipinski definition) is 3. The van der Waals surface area contributed by atoms with E-state index in [9.17, 15) is 4.79 Å². The van der Waals surface area contributed by atoms with Crippen molar-refractivity contribution in [1.82, 2.24) is 9.97 Å². The van der Waals surface area contributed by atoms with Gasteiger partial charge in [0.15, 0.2) is 0 Å². The number of rotatable bonds is 3. The summed E-state index contributed by atoms with van der Waals surface area (Å²) in [6.07, 6.45) is 0.335. The van der Waals surface area contributed by atoms with Gasteiger partial charge in [0.2, 0.25) is 0 Å². The summed E-state index contributed by atoms with van der Waals surface area (Å²) >= 11 is 0. The number of H-pyrrole nitrogens is 1. The third-order valence-corrected chi connectivity index (χ3v) is 3.23. The smallest absolute Gasteiger partial charge is 0.254 e. The summed E-state index contributed by atoms with van der Waals surface area (Å²) in [6.45, 7) is 5.75. The van der Waals surface area contributed by atoms with Gasteiger partial charge in [0.1, 0.15) is 5.82 Å². The van der Waals surface area contributed by atoms with Crippen LogP contribution in [0, 0.1) is 20.8 Å². The highest BCUT2D eigenvalue weighted by Crippen LogP contribution is 2.20. The van der Waals surface area contributed by atoms with E-state index < -0.39 is 0 Å². The lowest BCUT2D eigenvalue weighted by Crippen LogP contribution is -2.18. The number of aliphatic hydroxyl groups is 1. The summed E-state index contributed by atoms with van der Waals surface area (Å²) in [6, 6.07) is 6.06. The predicted molar refractivity (Wildman–Crippen MR) is 75.3 cm³/mol. The van der Waals surface area contributed by atoms with E-state index >= 15 is 0 Å². The van der Waals surface area contributed by atoms with Gasteiger partial charge in [-0.25, -0.2) is 4.98 Å². The molecular formula is C15H18N2O2. The minimum atomic E-state index is -0.169. The van der Waals surface area contributed by atoms with E-state index in [1.165, 1.54) is 0 Å². The molecule has 2 aromatic rings. The van der Waals surface area contributed by atoms with Crippen LogP contribution >= 0.6 is 0 Å². The Morgan fingerprint density at radius 1 is 1.26 bits per heavy atom. The van der Waals surface area contributed by atoms with Crippen molar-refractivity contribution in [2.75, 3.05) is 6.61 Å². The maximum atomic E-state index is 12.0. The Labute approximate surface area is 112 Å². The van der Waals surface area contributed by atoms with Crippen LogP contribution in [0.15, 0.2) is 23.0 Å². The van der Waals surface area contributed by atoms with Crippen LogP contribution < -0.4 is 5.56 Å². The van der Waals surface area contributed by atoms with Crippen LogP contribution in [0.4, 0.5) is 0 Å². The van der Waals surface area contributed by atoms with Crippen molar-refractivity contribution < 1.29 is 5.11 Å². The highest BCUT2D eigenvalue weighted by molar-refractivity contribution is 5.61. The van der Waals surface area contributed by atoms with Crippen LogP contribution in [0.3, 0.4) is 0 Å². The zero-order chi connectivity index (χ0) is 14.0. The molecule has 2 N–H and O–H groups in total. The zero-order valence-electron chi connectivity index (χ0n) is 11.4. The summed E-state index contributed by atoms with van der Waals surface area (Å²) in [7, 11) is 0. The third kappa shape index (κ3) is 2.74. The van der Waals surface area contributed by atoms with Crippen LogP contribution in [-0.4, -0.2) is 21.7 Å². The fourth-order valence-corrected chi connectivity index (χ4v) is 2.14. The van der Waals surface area contributed by atoms with Gasteiger partial charge in [-0.15, -0.1) is 0 Å². The van der Waals surface area contributed by atoms with E-state index in [2.05, 4.69) is 9.97 Å². The number of nitrogens with one attached hydrogen (secondary N) is 1. The molecule has 0 aliphatic heterocycles. The first-order valence-corrected chi connectivity index (χ1v) is 6.31. The Balaban J connectivity index is 2.58. The van der Waals surface area contributed by atoms with Crippen LogP contribution in [0.25, 0.3) is 11.4 Å². The van der Waals surface area contributed by atoms with Crippen molar-refractivity contribution in [3.63, 3.8) is 0 Å². The third-order valence-electron chi connectivity index (χ3n) is 3.23. The van der Waals surface area contributed by atoms with Crippen molar-refractivity contribution in [2.24, 2.45) is 0 Å². The topological polar surface area (TPSA) is 66.0 Å². The molecule has 0 unspecified atom stereocenters. The van der Waals surface area contributed by atoms with Gasteiger partial charge >= 0.3 is 0 Å². The van der Waals surface area contributed by atoms with E-state index in [1.54, 1.807) is 6.92 Å². The van der Waals surface area contributed by atoms with E-state index in [4.69, 9.17) is 5.11 Å². The van der Waals surface area contributed by atoms with Crippen molar-refractivity contribution >= 4 is 0 Å². The molecule has 0 amide bonds. The van der Waals surface area contributed by atoms with Crippen molar-refractivity contribution in [3.05, 3.63) is 50.9 Å². The average molecular weight is 258 g/mol. The lowest BCUT2D eigenvalue weighted by Gasteiger charge is -2.09. The van der Waals surface area contributed by atoms with Gasteiger partial charge in [0, 0.05) is 29.8 Å². The number of nitrogens with zero attached hydrogens (tertiary/aromatic N) is 1. The summed E-state index contributed by atoms with van der Waals surface area (Å²) < 4.78 is 0. The van der Waals surface area contributed by atoms with Crippen LogP contribution in [0.1, 0.15) is 22.4 Å². The molecule has 0 radical (unpaired) electrons. The summed E-state index contributed by atoms with van der Waals surface area (Å²) in [5.41, 5.74) is 4.20. The Morgan fingerprint density at radius 2 is 2.00 bits per heavy atom. The Kier molecular flexibility index (Phi) is 3.81. The Morgan fingerprint density at radius 3 is 2.63 bits per heavy atom. The van der Waals surface area contributed by atoms with Gasteiger partial charge in [-0.1, -0.05) is 17.7 Å². The van der Waals surface area contributed by atoms with E-state index in [0.29, 0.717) is 23.5 Å². The Bertz CT molecular complexity index is 660. The molecule has 4 nitrogen and oxygen atoms in total. The molecule has 0 saturated carbocycles. The monoisotopic (exact) mass is 258 g/mol. The van der Waals surface area contributed by atoms with Crippen LogP contribution in [-0.2, 0) is 6.42 Å². The minimum absolute atomic E-state index is 0.0472. The molecule has 0 bridgehead atoms. The first-order chi connectivity index (χ1) is 9.02. The van der Waals surface area contributed by atoms with Gasteiger partial charge in [0.25, 0.3) is 5.56 Å². The lowest BCUT2D eigenvalue weighted by molar-refractivity contribution is 0.298.